The molecule has 2 aromatic carbocycles. The van der Waals surface area contributed by atoms with Gasteiger partial charge in [0.1, 0.15) is 5.52 Å². The van der Waals surface area contributed by atoms with E-state index in [1.54, 1.807) is 0 Å². The minimum atomic E-state index is 0.505. The van der Waals surface area contributed by atoms with Crippen molar-refractivity contribution in [2.45, 2.75) is 17.9 Å². The number of oxazole rings is 1. The molecule has 23 heavy (non-hydrogen) atoms. The summed E-state index contributed by atoms with van der Waals surface area (Å²) in [5.74, 6) is 1.72. The van der Waals surface area contributed by atoms with E-state index in [2.05, 4.69) is 15.2 Å². The summed E-state index contributed by atoms with van der Waals surface area (Å²) >= 11 is 1.41. The Kier molecular flexibility index (Phi) is 3.59. The maximum atomic E-state index is 5.72. The summed E-state index contributed by atoms with van der Waals surface area (Å²) < 4.78 is 11.4. The Hall–Kier alpha value is -2.60. The van der Waals surface area contributed by atoms with E-state index in [4.69, 9.17) is 8.83 Å². The first-order chi connectivity index (χ1) is 11.3. The van der Waals surface area contributed by atoms with Crippen molar-refractivity contribution >= 4 is 22.9 Å². The molecule has 2 heterocycles. The van der Waals surface area contributed by atoms with Crippen molar-refractivity contribution in [3.05, 3.63) is 60.0 Å². The van der Waals surface area contributed by atoms with Crippen LogP contribution in [0.1, 0.15) is 11.5 Å². The molecular formula is C17H13N3O2S. The molecule has 5 nitrogen and oxygen atoms in total. The smallest absolute Gasteiger partial charge is 0.277 e. The number of rotatable bonds is 4. The Bertz CT molecular complexity index is 928. The topological polar surface area (TPSA) is 65.0 Å². The van der Waals surface area contributed by atoms with Crippen molar-refractivity contribution in [1.29, 1.82) is 0 Å². The summed E-state index contributed by atoms with van der Waals surface area (Å²) in [6, 6.07) is 15.6. The lowest BCUT2D eigenvalue weighted by Gasteiger charge is -1.98. The Morgan fingerprint density at radius 3 is 2.65 bits per heavy atom. The first-order valence-electron chi connectivity index (χ1n) is 7.16. The number of nitrogens with zero attached hydrogens (tertiary/aromatic N) is 3. The molecule has 114 valence electrons. The van der Waals surface area contributed by atoms with Crippen LogP contribution in [-0.4, -0.2) is 15.2 Å². The van der Waals surface area contributed by atoms with Crippen LogP contribution in [0.3, 0.4) is 0 Å². The van der Waals surface area contributed by atoms with Crippen LogP contribution in [-0.2, 0) is 5.75 Å². The summed E-state index contributed by atoms with van der Waals surface area (Å²) in [7, 11) is 0. The van der Waals surface area contributed by atoms with Crippen molar-refractivity contribution in [3.8, 4) is 11.5 Å². The zero-order valence-corrected chi connectivity index (χ0v) is 13.2. The van der Waals surface area contributed by atoms with Crippen LogP contribution >= 0.6 is 11.8 Å². The van der Waals surface area contributed by atoms with E-state index in [9.17, 15) is 0 Å². The highest BCUT2D eigenvalue weighted by molar-refractivity contribution is 7.98. The zero-order valence-electron chi connectivity index (χ0n) is 12.4. The molecule has 0 aliphatic heterocycles. The number of aromatic nitrogens is 3. The van der Waals surface area contributed by atoms with Crippen molar-refractivity contribution in [3.63, 3.8) is 0 Å². The Labute approximate surface area is 136 Å². The van der Waals surface area contributed by atoms with Gasteiger partial charge in [0, 0.05) is 5.56 Å². The summed E-state index contributed by atoms with van der Waals surface area (Å²) in [5, 5.41) is 8.70. The molecule has 0 saturated carbocycles. The molecule has 0 bridgehead atoms. The molecule has 0 fully saturated rings. The number of hydrogen-bond donors (Lipinski definition) is 0. The predicted molar refractivity (Wildman–Crippen MR) is 88.0 cm³/mol. The number of benzene rings is 2. The summed E-state index contributed by atoms with van der Waals surface area (Å²) in [4.78, 5) is 4.43. The Balaban J connectivity index is 1.51. The van der Waals surface area contributed by atoms with E-state index in [0.717, 1.165) is 22.2 Å². The second kappa shape index (κ2) is 5.89. The standard InChI is InChI=1S/C17H13N3O2S/c1-11-6-2-3-7-12(11)16-19-20-17(22-16)23-10-15-18-13-8-4-5-9-14(13)21-15/h2-9H,10H2,1H3. The van der Waals surface area contributed by atoms with Gasteiger partial charge in [-0.05, 0) is 30.7 Å². The fraction of sp³-hybridized carbons (Fsp3) is 0.118. The third-order valence-electron chi connectivity index (χ3n) is 3.44. The summed E-state index contributed by atoms with van der Waals surface area (Å²) in [5.41, 5.74) is 3.70. The lowest BCUT2D eigenvalue weighted by Crippen LogP contribution is -1.81. The largest absolute Gasteiger partial charge is 0.440 e. The predicted octanol–water partition coefficient (Wildman–Crippen LogP) is 4.48. The highest BCUT2D eigenvalue weighted by atomic mass is 32.2. The molecule has 0 saturated heterocycles. The van der Waals surface area contributed by atoms with Crippen LogP contribution in [0, 0.1) is 6.92 Å². The minimum Gasteiger partial charge on any atom is -0.440 e. The van der Waals surface area contributed by atoms with Gasteiger partial charge in [-0.2, -0.15) is 0 Å². The second-order valence-electron chi connectivity index (χ2n) is 5.05. The molecule has 4 rings (SSSR count). The number of fused-ring (bicyclic) bond motifs is 1. The van der Waals surface area contributed by atoms with E-state index in [-0.39, 0.29) is 0 Å². The highest BCUT2D eigenvalue weighted by Gasteiger charge is 2.12. The van der Waals surface area contributed by atoms with Crippen molar-refractivity contribution in [2.24, 2.45) is 0 Å². The molecule has 2 aromatic heterocycles. The number of hydrogen-bond acceptors (Lipinski definition) is 6. The fourth-order valence-electron chi connectivity index (χ4n) is 2.29. The second-order valence-corrected chi connectivity index (χ2v) is 5.98. The monoisotopic (exact) mass is 323 g/mol. The van der Waals surface area contributed by atoms with Crippen LogP contribution in [0.5, 0.6) is 0 Å². The van der Waals surface area contributed by atoms with Gasteiger partial charge < -0.3 is 8.83 Å². The van der Waals surface area contributed by atoms with Crippen LogP contribution in [0.4, 0.5) is 0 Å². The molecule has 4 aromatic rings. The average Bonchev–Trinajstić information content (AvgIpc) is 3.19. The van der Waals surface area contributed by atoms with Crippen LogP contribution < -0.4 is 0 Å². The fourth-order valence-corrected chi connectivity index (χ4v) is 2.90. The number of thioether (sulfide) groups is 1. The molecule has 0 N–H and O–H groups in total. The maximum Gasteiger partial charge on any atom is 0.277 e. The normalized spacial score (nSPS) is 11.2. The van der Waals surface area contributed by atoms with Crippen LogP contribution in [0.15, 0.2) is 62.6 Å². The van der Waals surface area contributed by atoms with Crippen molar-refractivity contribution in [2.75, 3.05) is 0 Å². The lowest BCUT2D eigenvalue weighted by atomic mass is 10.1. The van der Waals surface area contributed by atoms with Gasteiger partial charge in [0.15, 0.2) is 5.58 Å². The molecule has 0 radical (unpaired) electrons. The maximum absolute atomic E-state index is 5.72. The van der Waals surface area contributed by atoms with Gasteiger partial charge in [0.05, 0.1) is 5.75 Å². The van der Waals surface area contributed by atoms with Crippen LogP contribution in [0.2, 0.25) is 0 Å². The van der Waals surface area contributed by atoms with Gasteiger partial charge in [-0.25, -0.2) is 4.98 Å². The quantitative estimate of drug-likeness (QED) is 0.516. The molecule has 0 atom stereocenters. The molecular weight excluding hydrogens is 310 g/mol. The Morgan fingerprint density at radius 1 is 0.957 bits per heavy atom. The van der Waals surface area contributed by atoms with E-state index < -0.39 is 0 Å². The van der Waals surface area contributed by atoms with Gasteiger partial charge in [0.25, 0.3) is 5.22 Å². The van der Waals surface area contributed by atoms with Gasteiger partial charge >= 0.3 is 0 Å². The first kappa shape index (κ1) is 14.0. The highest BCUT2D eigenvalue weighted by Crippen LogP contribution is 2.28. The third kappa shape index (κ3) is 2.85. The summed E-state index contributed by atoms with van der Waals surface area (Å²) in [6.07, 6.45) is 0. The zero-order chi connectivity index (χ0) is 15.6. The van der Waals surface area contributed by atoms with Gasteiger partial charge in [0.2, 0.25) is 11.8 Å². The molecule has 0 aliphatic rings. The molecule has 0 amide bonds. The lowest BCUT2D eigenvalue weighted by molar-refractivity contribution is 0.464. The van der Waals surface area contributed by atoms with E-state index in [1.807, 2.05) is 55.5 Å². The summed E-state index contributed by atoms with van der Waals surface area (Å²) in [6.45, 7) is 2.02. The first-order valence-corrected chi connectivity index (χ1v) is 8.15. The van der Waals surface area contributed by atoms with Gasteiger partial charge in [-0.3, -0.25) is 0 Å². The van der Waals surface area contributed by atoms with Gasteiger partial charge in [-0.15, -0.1) is 10.2 Å². The van der Waals surface area contributed by atoms with E-state index >= 15 is 0 Å². The molecule has 0 unspecified atom stereocenters. The third-order valence-corrected chi connectivity index (χ3v) is 4.24. The SMILES string of the molecule is Cc1ccccc1-c1nnc(SCc2nc3ccccc3o2)o1. The van der Waals surface area contributed by atoms with Crippen molar-refractivity contribution < 1.29 is 8.83 Å². The molecule has 0 aliphatic carbocycles. The molecule has 0 spiro atoms. The van der Waals surface area contributed by atoms with E-state index in [1.165, 1.54) is 11.8 Å². The number of aryl methyl sites for hydroxylation is 1. The van der Waals surface area contributed by atoms with Crippen molar-refractivity contribution in [1.82, 2.24) is 15.2 Å². The number of para-hydroxylation sites is 2. The average molecular weight is 323 g/mol. The molecule has 6 heteroatoms. The van der Waals surface area contributed by atoms with Crippen LogP contribution in [0.25, 0.3) is 22.6 Å². The van der Waals surface area contributed by atoms with E-state index in [0.29, 0.717) is 22.8 Å². The van der Waals surface area contributed by atoms with Gasteiger partial charge in [-0.1, -0.05) is 42.1 Å². The Morgan fingerprint density at radius 2 is 1.78 bits per heavy atom. The minimum absolute atomic E-state index is 0.505.